The lowest BCUT2D eigenvalue weighted by molar-refractivity contribution is -0.145. The third-order valence-electron chi connectivity index (χ3n) is 13.3. The molecule has 4 heterocycles. The topological polar surface area (TPSA) is 241 Å². The molecule has 3 aliphatic heterocycles. The summed E-state index contributed by atoms with van der Waals surface area (Å²) in [6, 6.07) is 19.9. The van der Waals surface area contributed by atoms with Gasteiger partial charge in [-0.15, -0.1) is 0 Å². The number of para-hydroxylation sites is 1. The number of carbonyl (C=O) groups is 7. The maximum atomic E-state index is 14.0. The van der Waals surface area contributed by atoms with Crippen LogP contribution in [0.4, 0.5) is 0 Å². The van der Waals surface area contributed by atoms with Crippen LogP contribution < -0.4 is 33.1 Å². The van der Waals surface area contributed by atoms with Crippen molar-refractivity contribution in [3.05, 3.63) is 106 Å². The van der Waals surface area contributed by atoms with Gasteiger partial charge in [-0.3, -0.25) is 48.0 Å². The van der Waals surface area contributed by atoms with Crippen molar-refractivity contribution in [1.29, 1.82) is 0 Å². The molecule has 3 saturated heterocycles. The molecule has 7 N–H and O–H groups in total. The second kappa shape index (κ2) is 21.6. The number of hydrogen-bond acceptors (Lipinski definition) is 9. The van der Waals surface area contributed by atoms with Gasteiger partial charge >= 0.3 is 5.69 Å². The van der Waals surface area contributed by atoms with Crippen LogP contribution in [0.1, 0.15) is 112 Å². The van der Waals surface area contributed by atoms with E-state index in [1.165, 1.54) is 9.47 Å². The van der Waals surface area contributed by atoms with Crippen LogP contribution >= 0.6 is 0 Å². The van der Waals surface area contributed by atoms with Gasteiger partial charge in [-0.25, -0.2) is 4.79 Å². The lowest BCUT2D eigenvalue weighted by atomic mass is 9.98. The standard InChI is InChI=1S/C49H61N9O8/c1-55-44-33(19-13-20-37(44)58(49(55)66)39-25-27-41(60)53-47(39)64)18-7-3-2-4-12-21-42(61)56-29-28-34-22-24-38(57(34)48(65)35(50)30-56)46(63)52-36(23-26-40(51)59)45(62)54-43(31-14-8-5-9-15-31)32-16-10-6-11-17-32/h5-6,8-11,13-17,19-20,34-36,38-39,43H,2-4,7,12,18,21-30,50H2,1H3,(H2,51,59)(H,52,63)(H,54,62)(H,53,60,64)/t34?,35-,36-,38-,39?/m0/s1. The van der Waals surface area contributed by atoms with E-state index in [0.29, 0.717) is 44.2 Å². The third kappa shape index (κ3) is 10.9. The summed E-state index contributed by atoms with van der Waals surface area (Å²) in [7, 11) is 1.70. The largest absolute Gasteiger partial charge is 0.370 e. The summed E-state index contributed by atoms with van der Waals surface area (Å²) >= 11 is 0. The van der Waals surface area contributed by atoms with E-state index in [9.17, 15) is 38.4 Å². The number of nitrogens with zero attached hydrogens (tertiary/aromatic N) is 4. The number of nitrogens with one attached hydrogen (secondary N) is 3. The number of aromatic nitrogens is 2. The van der Waals surface area contributed by atoms with E-state index in [4.69, 9.17) is 11.5 Å². The van der Waals surface area contributed by atoms with E-state index < -0.39 is 59.7 Å². The SMILES string of the molecule is Cn1c(=O)n(C2CCC(=O)NC2=O)c2cccc(CCCCCCCC(=O)N3CCC4CC[C@@H](C(=O)N[C@@H](CCC(N)=O)C(=O)NC(c5ccccc5)c5ccccc5)N4C(=O)[C@@H](N)C3)c21. The Kier molecular flexibility index (Phi) is 15.5. The summed E-state index contributed by atoms with van der Waals surface area (Å²) in [4.78, 5) is 108. The molecule has 3 fully saturated rings. The van der Waals surface area contributed by atoms with Crippen molar-refractivity contribution in [3.8, 4) is 0 Å². The van der Waals surface area contributed by atoms with Crippen LogP contribution in [0.15, 0.2) is 83.7 Å². The highest BCUT2D eigenvalue weighted by Crippen LogP contribution is 2.31. The molecule has 3 aromatic carbocycles. The average molecular weight is 904 g/mol. The lowest BCUT2D eigenvalue weighted by Crippen LogP contribution is -2.60. The molecule has 7 rings (SSSR count). The van der Waals surface area contributed by atoms with Crippen molar-refractivity contribution in [3.63, 3.8) is 0 Å². The summed E-state index contributed by atoms with van der Waals surface area (Å²) in [6.07, 6.45) is 6.90. The zero-order chi connectivity index (χ0) is 46.9. The number of primary amides is 1. The number of piperidine rings is 1. The third-order valence-corrected chi connectivity index (χ3v) is 13.3. The summed E-state index contributed by atoms with van der Waals surface area (Å²) in [5.74, 6) is -2.92. The number of hydrogen-bond donors (Lipinski definition) is 5. The van der Waals surface area contributed by atoms with Gasteiger partial charge in [0.2, 0.25) is 41.4 Å². The second-order valence-electron chi connectivity index (χ2n) is 17.8. The van der Waals surface area contributed by atoms with E-state index in [1.807, 2.05) is 78.9 Å². The first-order chi connectivity index (χ1) is 31.8. The number of benzene rings is 3. The first-order valence-corrected chi connectivity index (χ1v) is 23.2. The number of imide groups is 1. The maximum absolute atomic E-state index is 14.0. The Balaban J connectivity index is 0.889. The number of amides is 7. The summed E-state index contributed by atoms with van der Waals surface area (Å²) in [5.41, 5.74) is 15.8. The number of rotatable bonds is 18. The Hall–Kier alpha value is -6.62. The number of unbranched alkanes of at least 4 members (excludes halogenated alkanes) is 4. The van der Waals surface area contributed by atoms with E-state index in [1.54, 1.807) is 16.5 Å². The molecule has 17 heteroatoms. The number of fused-ring (bicyclic) bond motifs is 2. The van der Waals surface area contributed by atoms with Crippen LogP contribution in [0, 0.1) is 0 Å². The molecule has 4 aromatic rings. The fourth-order valence-corrected chi connectivity index (χ4v) is 9.83. The fraction of sp³-hybridized carbons (Fsp3) is 0.469. The van der Waals surface area contributed by atoms with E-state index >= 15 is 0 Å². The number of aryl methyl sites for hydroxylation is 2. The first-order valence-electron chi connectivity index (χ1n) is 23.2. The first kappa shape index (κ1) is 47.3. The molecule has 17 nitrogen and oxygen atoms in total. The van der Waals surface area contributed by atoms with Gasteiger partial charge in [-0.05, 0) is 74.1 Å². The van der Waals surface area contributed by atoms with Crippen LogP contribution in [0.3, 0.4) is 0 Å². The molecule has 350 valence electrons. The Morgan fingerprint density at radius 2 is 1.47 bits per heavy atom. The van der Waals surface area contributed by atoms with E-state index in [-0.39, 0.29) is 55.8 Å². The van der Waals surface area contributed by atoms with Crippen molar-refractivity contribution in [2.75, 3.05) is 13.1 Å². The molecule has 0 spiro atoms. The summed E-state index contributed by atoms with van der Waals surface area (Å²) in [6.45, 7) is 0.414. The Labute approximate surface area is 383 Å². The van der Waals surface area contributed by atoms with Gasteiger partial charge < -0.3 is 31.9 Å². The van der Waals surface area contributed by atoms with Crippen molar-refractivity contribution >= 4 is 52.4 Å². The Bertz CT molecular complexity index is 2450. The quantitative estimate of drug-likeness (QED) is 0.0728. The van der Waals surface area contributed by atoms with Crippen LogP contribution in [-0.2, 0) is 47.0 Å². The molecule has 0 saturated carbocycles. The number of nitrogens with two attached hydrogens (primary N) is 2. The fourth-order valence-electron chi connectivity index (χ4n) is 9.83. The van der Waals surface area contributed by atoms with Gasteiger partial charge in [0, 0.05) is 45.4 Å². The number of imidazole rings is 1. The minimum Gasteiger partial charge on any atom is -0.370 e. The Morgan fingerprint density at radius 1 is 0.788 bits per heavy atom. The smallest absolute Gasteiger partial charge is 0.329 e. The van der Waals surface area contributed by atoms with Crippen LogP contribution in [0.5, 0.6) is 0 Å². The highest BCUT2D eigenvalue weighted by atomic mass is 16.2. The number of carbonyl (C=O) groups excluding carboxylic acids is 7. The predicted octanol–water partition coefficient (Wildman–Crippen LogP) is 2.78. The maximum Gasteiger partial charge on any atom is 0.329 e. The van der Waals surface area contributed by atoms with Crippen LogP contribution in [-0.4, -0.2) is 97.5 Å². The zero-order valence-corrected chi connectivity index (χ0v) is 37.5. The molecular formula is C49H61N9O8. The molecule has 0 radical (unpaired) electrons. The van der Waals surface area contributed by atoms with Crippen molar-refractivity contribution in [2.24, 2.45) is 18.5 Å². The predicted molar refractivity (Wildman–Crippen MR) is 246 cm³/mol. The van der Waals surface area contributed by atoms with Crippen LogP contribution in [0.25, 0.3) is 11.0 Å². The monoisotopic (exact) mass is 903 g/mol. The highest BCUT2D eigenvalue weighted by molar-refractivity contribution is 6.00. The molecule has 7 amide bonds. The Morgan fingerprint density at radius 3 is 2.15 bits per heavy atom. The molecular weight excluding hydrogens is 843 g/mol. The highest BCUT2D eigenvalue weighted by Gasteiger charge is 2.45. The van der Waals surface area contributed by atoms with Crippen molar-refractivity contribution in [2.45, 2.75) is 126 Å². The average Bonchev–Trinajstić information content (AvgIpc) is 3.85. The van der Waals surface area contributed by atoms with Crippen LogP contribution in [0.2, 0.25) is 0 Å². The lowest BCUT2D eigenvalue weighted by Gasteiger charge is -2.37. The molecule has 0 aliphatic carbocycles. The molecule has 0 bridgehead atoms. The summed E-state index contributed by atoms with van der Waals surface area (Å²) in [5, 5.41) is 8.24. The van der Waals surface area contributed by atoms with Gasteiger partial charge in [0.25, 0.3) is 0 Å². The van der Waals surface area contributed by atoms with Gasteiger partial charge in [0.05, 0.1) is 17.1 Å². The molecule has 1 aromatic heterocycles. The van der Waals surface area contributed by atoms with Crippen molar-refractivity contribution < 1.29 is 33.6 Å². The minimum atomic E-state index is -1.11. The molecule has 3 aliphatic rings. The van der Waals surface area contributed by atoms with E-state index in [2.05, 4.69) is 16.0 Å². The van der Waals surface area contributed by atoms with Gasteiger partial charge in [-0.2, -0.15) is 0 Å². The van der Waals surface area contributed by atoms with Gasteiger partial charge in [0.1, 0.15) is 24.2 Å². The molecule has 2 unspecified atom stereocenters. The molecule has 5 atom stereocenters. The zero-order valence-electron chi connectivity index (χ0n) is 37.5. The van der Waals surface area contributed by atoms with Gasteiger partial charge in [0.15, 0.2) is 0 Å². The van der Waals surface area contributed by atoms with Crippen molar-refractivity contribution in [1.82, 2.24) is 34.9 Å². The van der Waals surface area contributed by atoms with E-state index in [0.717, 1.165) is 54.3 Å². The normalized spacial score (nSPS) is 20.4. The summed E-state index contributed by atoms with van der Waals surface area (Å²) < 4.78 is 3.07. The second-order valence-corrected chi connectivity index (χ2v) is 17.8. The molecule has 66 heavy (non-hydrogen) atoms. The minimum absolute atomic E-state index is 0.0263. The van der Waals surface area contributed by atoms with Gasteiger partial charge in [-0.1, -0.05) is 92.1 Å².